The molecule has 0 spiro atoms. The van der Waals surface area contributed by atoms with Crippen LogP contribution < -0.4 is 4.90 Å². The standard InChI is InChI=1S/C46H29NOSe/c1-2-13-30(14-3-1)34-17-4-5-18-35(34)31-15-12-16-32(27-31)47(33-25-26-38-37-20-8-10-23-43(37)48-44(38)28-33)42-29-41-39-21-9-11-24-45(39)49-46(41)40-22-7-6-19-36(40)42/h1-29H. The first-order chi connectivity index (χ1) is 24.3. The van der Waals surface area contributed by atoms with E-state index in [9.17, 15) is 0 Å². The molecule has 0 saturated heterocycles. The summed E-state index contributed by atoms with van der Waals surface area (Å²) in [7, 11) is 0. The van der Waals surface area contributed by atoms with Crippen LogP contribution in [0.25, 0.3) is 74.3 Å². The SMILES string of the molecule is c1ccc(-c2ccccc2-c2cccc(N(c3ccc4c(c3)oc3ccccc34)c3cc4c5ccccc5[se]c4c4ccccc34)c2)cc1. The first-order valence-corrected chi connectivity index (χ1v) is 18.3. The Labute approximate surface area is 289 Å². The summed E-state index contributed by atoms with van der Waals surface area (Å²) in [6.45, 7) is 0. The Bertz CT molecular complexity index is 2840. The summed E-state index contributed by atoms with van der Waals surface area (Å²) < 4.78 is 9.37. The van der Waals surface area contributed by atoms with Gasteiger partial charge in [-0.15, -0.1) is 0 Å². The fourth-order valence-corrected chi connectivity index (χ4v) is 9.97. The predicted molar refractivity (Wildman–Crippen MR) is 209 cm³/mol. The summed E-state index contributed by atoms with van der Waals surface area (Å²) in [6.07, 6.45) is 0. The van der Waals surface area contributed by atoms with Gasteiger partial charge in [0.2, 0.25) is 0 Å². The zero-order valence-electron chi connectivity index (χ0n) is 26.5. The van der Waals surface area contributed by atoms with Gasteiger partial charge in [-0.2, -0.15) is 0 Å². The molecule has 0 aliphatic rings. The van der Waals surface area contributed by atoms with E-state index in [0.717, 1.165) is 39.0 Å². The number of nitrogens with zero attached hydrogens (tertiary/aromatic N) is 1. The van der Waals surface area contributed by atoms with Crippen molar-refractivity contribution < 1.29 is 4.42 Å². The van der Waals surface area contributed by atoms with Crippen LogP contribution in [0.3, 0.4) is 0 Å². The molecule has 2 nitrogen and oxygen atoms in total. The number of para-hydroxylation sites is 1. The normalized spacial score (nSPS) is 11.7. The zero-order valence-corrected chi connectivity index (χ0v) is 28.2. The van der Waals surface area contributed by atoms with E-state index in [1.807, 2.05) is 12.1 Å². The third kappa shape index (κ3) is 4.63. The van der Waals surface area contributed by atoms with E-state index in [1.165, 1.54) is 52.3 Å². The second-order valence-electron chi connectivity index (χ2n) is 12.5. The van der Waals surface area contributed by atoms with Gasteiger partial charge in [0.05, 0.1) is 0 Å². The van der Waals surface area contributed by atoms with Gasteiger partial charge in [0.1, 0.15) is 0 Å². The van der Waals surface area contributed by atoms with Crippen LogP contribution in [0.4, 0.5) is 17.1 Å². The monoisotopic (exact) mass is 691 g/mol. The van der Waals surface area contributed by atoms with Crippen molar-refractivity contribution in [3.63, 3.8) is 0 Å². The van der Waals surface area contributed by atoms with Crippen molar-refractivity contribution in [1.29, 1.82) is 0 Å². The van der Waals surface area contributed by atoms with Crippen LogP contribution in [-0.4, -0.2) is 14.5 Å². The van der Waals surface area contributed by atoms with Crippen LogP contribution in [0, 0.1) is 0 Å². The van der Waals surface area contributed by atoms with Crippen LogP contribution in [0.15, 0.2) is 180 Å². The third-order valence-electron chi connectivity index (χ3n) is 9.65. The number of rotatable bonds is 5. The molecule has 0 amide bonds. The Morgan fingerprint density at radius 1 is 0.388 bits per heavy atom. The van der Waals surface area contributed by atoms with Crippen molar-refractivity contribution in [2.24, 2.45) is 0 Å². The number of hydrogen-bond donors (Lipinski definition) is 0. The fraction of sp³-hybridized carbons (Fsp3) is 0. The average molecular weight is 691 g/mol. The molecule has 0 N–H and O–H groups in total. The summed E-state index contributed by atoms with van der Waals surface area (Å²) in [5, 5.41) is 7.52. The first-order valence-electron chi connectivity index (χ1n) is 16.6. The molecule has 0 saturated carbocycles. The maximum atomic E-state index is 6.46. The molecule has 2 aromatic heterocycles. The van der Waals surface area contributed by atoms with Crippen LogP contribution in [0.5, 0.6) is 0 Å². The molecule has 3 heteroatoms. The van der Waals surface area contributed by atoms with Gasteiger partial charge in [0.25, 0.3) is 0 Å². The smallest absolute Gasteiger partial charge is 0.0617 e. The van der Waals surface area contributed by atoms with E-state index in [2.05, 4.69) is 169 Å². The van der Waals surface area contributed by atoms with Gasteiger partial charge < -0.3 is 0 Å². The van der Waals surface area contributed by atoms with Crippen LogP contribution in [0.2, 0.25) is 0 Å². The molecule has 0 bridgehead atoms. The van der Waals surface area contributed by atoms with E-state index < -0.39 is 0 Å². The van der Waals surface area contributed by atoms with Gasteiger partial charge in [0.15, 0.2) is 0 Å². The van der Waals surface area contributed by atoms with E-state index in [-0.39, 0.29) is 14.5 Å². The van der Waals surface area contributed by atoms with Gasteiger partial charge in [0, 0.05) is 0 Å². The van der Waals surface area contributed by atoms with E-state index in [0.29, 0.717) is 0 Å². The Hall–Kier alpha value is -5.86. The van der Waals surface area contributed by atoms with E-state index >= 15 is 0 Å². The molecule has 230 valence electrons. The molecule has 0 aliphatic heterocycles. The quantitative estimate of drug-likeness (QED) is 0.167. The Morgan fingerprint density at radius 2 is 1.02 bits per heavy atom. The summed E-state index contributed by atoms with van der Waals surface area (Å²) in [6, 6.07) is 63.6. The summed E-state index contributed by atoms with van der Waals surface area (Å²) in [4.78, 5) is 2.43. The third-order valence-corrected chi connectivity index (χ3v) is 12.2. The average Bonchev–Trinajstić information content (AvgIpc) is 3.74. The molecule has 0 aliphatic carbocycles. The second kappa shape index (κ2) is 11.4. The Balaban J connectivity index is 1.25. The molecular weight excluding hydrogens is 661 g/mol. The van der Waals surface area contributed by atoms with Crippen molar-refractivity contribution in [2.75, 3.05) is 4.90 Å². The van der Waals surface area contributed by atoms with Crippen molar-refractivity contribution in [3.05, 3.63) is 176 Å². The summed E-state index contributed by atoms with van der Waals surface area (Å²) in [5.41, 5.74) is 9.91. The number of furan rings is 1. The van der Waals surface area contributed by atoms with Gasteiger partial charge >= 0.3 is 273 Å². The molecule has 0 atom stereocenters. The van der Waals surface area contributed by atoms with Crippen molar-refractivity contribution in [3.8, 4) is 22.3 Å². The minimum Gasteiger partial charge on any atom is -0.0617 e. The maximum absolute atomic E-state index is 6.46. The number of hydrogen-bond acceptors (Lipinski definition) is 2. The van der Waals surface area contributed by atoms with Crippen LogP contribution in [0.1, 0.15) is 0 Å². The molecule has 0 unspecified atom stereocenters. The van der Waals surface area contributed by atoms with E-state index in [4.69, 9.17) is 4.42 Å². The Kier molecular flexibility index (Phi) is 6.55. The topological polar surface area (TPSA) is 16.4 Å². The van der Waals surface area contributed by atoms with Crippen molar-refractivity contribution in [2.45, 2.75) is 0 Å². The molecule has 10 aromatic rings. The minimum atomic E-state index is 0.253. The number of fused-ring (bicyclic) bond motifs is 8. The van der Waals surface area contributed by atoms with Gasteiger partial charge in [-0.05, 0) is 0 Å². The Morgan fingerprint density at radius 3 is 1.88 bits per heavy atom. The predicted octanol–water partition coefficient (Wildman–Crippen LogP) is 12.9. The van der Waals surface area contributed by atoms with Crippen molar-refractivity contribution >= 4 is 83.6 Å². The molecule has 0 radical (unpaired) electrons. The van der Waals surface area contributed by atoms with Gasteiger partial charge in [-0.3, -0.25) is 0 Å². The first kappa shape index (κ1) is 28.2. The fourth-order valence-electron chi connectivity index (χ4n) is 7.41. The molecule has 49 heavy (non-hydrogen) atoms. The summed E-state index contributed by atoms with van der Waals surface area (Å²) in [5.74, 6) is 0. The van der Waals surface area contributed by atoms with E-state index in [1.54, 1.807) is 0 Å². The van der Waals surface area contributed by atoms with Crippen molar-refractivity contribution in [1.82, 2.24) is 0 Å². The van der Waals surface area contributed by atoms with Gasteiger partial charge in [-0.1, -0.05) is 18.2 Å². The second-order valence-corrected chi connectivity index (χ2v) is 14.7. The molecule has 0 fully saturated rings. The molecular formula is C46H29NOSe. The van der Waals surface area contributed by atoms with Crippen LogP contribution in [-0.2, 0) is 0 Å². The zero-order chi connectivity index (χ0) is 32.3. The molecule has 2 heterocycles. The summed E-state index contributed by atoms with van der Waals surface area (Å²) >= 11 is 0.253. The van der Waals surface area contributed by atoms with Crippen LogP contribution >= 0.6 is 0 Å². The van der Waals surface area contributed by atoms with Gasteiger partial charge in [-0.25, -0.2) is 0 Å². The number of benzene rings is 8. The minimum absolute atomic E-state index is 0.253. The molecule has 8 aromatic carbocycles. The number of anilines is 3. The molecule has 10 rings (SSSR count).